The molecule has 0 fully saturated rings. The van der Waals surface area contributed by atoms with Crippen LogP contribution in [0.4, 0.5) is 14.5 Å². The molecule has 5 nitrogen and oxygen atoms in total. The highest BCUT2D eigenvalue weighted by atomic mass is 35.5. The molecular weight excluding hydrogens is 282 g/mol. The molecule has 19 heavy (non-hydrogen) atoms. The Labute approximate surface area is 115 Å². The van der Waals surface area contributed by atoms with E-state index in [1.807, 2.05) is 0 Å². The summed E-state index contributed by atoms with van der Waals surface area (Å²) < 4.78 is 33.1. The maximum Gasteiger partial charge on any atom is 0.387 e. The highest BCUT2D eigenvalue weighted by molar-refractivity contribution is 5.94. The van der Waals surface area contributed by atoms with Crippen molar-refractivity contribution in [2.24, 2.45) is 5.73 Å². The molecule has 1 aromatic carbocycles. The second-order valence-electron chi connectivity index (χ2n) is 3.36. The zero-order valence-electron chi connectivity index (χ0n) is 10.1. The van der Waals surface area contributed by atoms with Gasteiger partial charge in [0.15, 0.2) is 0 Å². The molecule has 1 amide bonds. The third-order valence-corrected chi connectivity index (χ3v) is 2.12. The summed E-state index contributed by atoms with van der Waals surface area (Å²) >= 11 is 0. The molecule has 3 N–H and O–H groups in total. The smallest absolute Gasteiger partial charge is 0.387 e. The predicted molar refractivity (Wildman–Crippen MR) is 68.8 cm³/mol. The Morgan fingerprint density at radius 1 is 1.47 bits per heavy atom. The quantitative estimate of drug-likeness (QED) is 0.836. The van der Waals surface area contributed by atoms with E-state index in [4.69, 9.17) is 10.5 Å². The van der Waals surface area contributed by atoms with Crippen LogP contribution >= 0.6 is 12.4 Å². The van der Waals surface area contributed by atoms with Gasteiger partial charge in [-0.25, -0.2) is 0 Å². The molecule has 0 aliphatic carbocycles. The Balaban J connectivity index is 0.00000324. The van der Waals surface area contributed by atoms with Gasteiger partial charge in [0.1, 0.15) is 11.9 Å². The van der Waals surface area contributed by atoms with Gasteiger partial charge in [0.25, 0.3) is 5.91 Å². The van der Waals surface area contributed by atoms with Crippen molar-refractivity contribution in [1.29, 1.82) is 0 Å². The van der Waals surface area contributed by atoms with Crippen LogP contribution in [0.15, 0.2) is 24.3 Å². The molecule has 108 valence electrons. The molecule has 0 heterocycles. The number of methoxy groups -OCH3 is 1. The first kappa shape index (κ1) is 17.6. The maximum absolute atomic E-state index is 12.0. The van der Waals surface area contributed by atoms with Gasteiger partial charge in [0, 0.05) is 25.4 Å². The Morgan fingerprint density at radius 3 is 2.68 bits per heavy atom. The predicted octanol–water partition coefficient (Wildman–Crippen LogP) is 1.62. The van der Waals surface area contributed by atoms with E-state index in [1.54, 1.807) is 6.07 Å². The van der Waals surface area contributed by atoms with E-state index in [-0.39, 0.29) is 24.7 Å². The fourth-order valence-corrected chi connectivity index (χ4v) is 1.28. The largest absolute Gasteiger partial charge is 0.435 e. The van der Waals surface area contributed by atoms with Gasteiger partial charge in [-0.3, -0.25) is 4.79 Å². The minimum Gasteiger partial charge on any atom is -0.435 e. The van der Waals surface area contributed by atoms with E-state index in [0.29, 0.717) is 5.69 Å². The van der Waals surface area contributed by atoms with Crippen LogP contribution in [-0.4, -0.2) is 32.3 Å². The summed E-state index contributed by atoms with van der Waals surface area (Å²) in [4.78, 5) is 11.6. The van der Waals surface area contributed by atoms with E-state index in [2.05, 4.69) is 10.1 Å². The van der Waals surface area contributed by atoms with Crippen LogP contribution in [0.3, 0.4) is 0 Å². The van der Waals surface area contributed by atoms with Crippen molar-refractivity contribution in [1.82, 2.24) is 0 Å². The van der Waals surface area contributed by atoms with E-state index in [9.17, 15) is 13.6 Å². The second-order valence-corrected chi connectivity index (χ2v) is 3.36. The van der Waals surface area contributed by atoms with Crippen LogP contribution in [0.5, 0.6) is 5.75 Å². The summed E-state index contributed by atoms with van der Waals surface area (Å²) in [7, 11) is 1.35. The van der Waals surface area contributed by atoms with E-state index < -0.39 is 18.6 Å². The molecule has 0 radical (unpaired) electrons. The fraction of sp³-hybridized carbons (Fsp3) is 0.364. The van der Waals surface area contributed by atoms with Gasteiger partial charge in [0.05, 0.1) is 0 Å². The van der Waals surface area contributed by atoms with Crippen molar-refractivity contribution in [3.8, 4) is 5.75 Å². The molecule has 1 atom stereocenters. The van der Waals surface area contributed by atoms with Crippen LogP contribution in [0.2, 0.25) is 0 Å². The van der Waals surface area contributed by atoms with Gasteiger partial charge in [-0.2, -0.15) is 8.78 Å². The summed E-state index contributed by atoms with van der Waals surface area (Å²) in [6.45, 7) is -2.89. The molecule has 0 saturated heterocycles. The summed E-state index contributed by atoms with van der Waals surface area (Å²) in [5.41, 5.74) is 5.65. The number of rotatable bonds is 6. The monoisotopic (exact) mass is 296 g/mol. The van der Waals surface area contributed by atoms with Gasteiger partial charge in [-0.1, -0.05) is 6.07 Å². The topological polar surface area (TPSA) is 73.6 Å². The van der Waals surface area contributed by atoms with E-state index in [0.717, 1.165) is 0 Å². The highest BCUT2D eigenvalue weighted by Crippen LogP contribution is 2.19. The lowest BCUT2D eigenvalue weighted by atomic mass is 10.2. The zero-order valence-corrected chi connectivity index (χ0v) is 11.0. The Hall–Kier alpha value is -1.44. The van der Waals surface area contributed by atoms with Gasteiger partial charge in [-0.05, 0) is 12.1 Å². The number of hydrogen-bond acceptors (Lipinski definition) is 4. The van der Waals surface area contributed by atoms with Crippen molar-refractivity contribution < 1.29 is 23.0 Å². The third-order valence-electron chi connectivity index (χ3n) is 2.12. The lowest BCUT2D eigenvalue weighted by Gasteiger charge is -2.13. The van der Waals surface area contributed by atoms with Crippen LogP contribution in [-0.2, 0) is 9.53 Å². The normalized spacial score (nSPS) is 11.6. The Morgan fingerprint density at radius 2 is 2.16 bits per heavy atom. The lowest BCUT2D eigenvalue weighted by molar-refractivity contribution is -0.125. The molecule has 1 rings (SSSR count). The number of benzene rings is 1. The summed E-state index contributed by atoms with van der Waals surface area (Å²) in [6, 6.07) is 5.67. The first-order chi connectivity index (χ1) is 8.56. The fourth-order valence-electron chi connectivity index (χ4n) is 1.28. The SMILES string of the molecule is COC(CN)C(=O)Nc1cccc(OC(F)F)c1.Cl. The third kappa shape index (κ3) is 5.82. The van der Waals surface area contributed by atoms with Gasteiger partial charge in [-0.15, -0.1) is 12.4 Å². The Bertz CT molecular complexity index is 403. The summed E-state index contributed by atoms with van der Waals surface area (Å²) in [5.74, 6) is -0.487. The molecule has 0 bridgehead atoms. The van der Waals surface area contributed by atoms with Crippen molar-refractivity contribution in [2.45, 2.75) is 12.7 Å². The van der Waals surface area contributed by atoms with Crippen LogP contribution < -0.4 is 15.8 Å². The number of anilines is 1. The van der Waals surface area contributed by atoms with Gasteiger partial charge < -0.3 is 20.5 Å². The number of alkyl halides is 2. The first-order valence-corrected chi connectivity index (χ1v) is 5.15. The number of carbonyl (C=O) groups is 1. The standard InChI is InChI=1S/C11H14F2N2O3.ClH/c1-17-9(6-14)10(16)15-7-3-2-4-8(5-7)18-11(12)13;/h2-5,9,11H,6,14H2,1H3,(H,15,16);1H. The number of ether oxygens (including phenoxy) is 2. The average Bonchev–Trinajstić information content (AvgIpc) is 2.30. The van der Waals surface area contributed by atoms with Gasteiger partial charge in [0.2, 0.25) is 0 Å². The number of nitrogens with two attached hydrogens (primary N) is 1. The number of hydrogen-bond donors (Lipinski definition) is 2. The number of halogens is 3. The molecule has 0 saturated carbocycles. The number of amides is 1. The minimum absolute atomic E-state index is 0. The molecule has 8 heteroatoms. The van der Waals surface area contributed by atoms with E-state index >= 15 is 0 Å². The van der Waals surface area contributed by atoms with Crippen LogP contribution in [0.1, 0.15) is 0 Å². The van der Waals surface area contributed by atoms with Crippen LogP contribution in [0, 0.1) is 0 Å². The van der Waals surface area contributed by atoms with E-state index in [1.165, 1.54) is 25.3 Å². The second kappa shape index (κ2) is 8.63. The average molecular weight is 297 g/mol. The highest BCUT2D eigenvalue weighted by Gasteiger charge is 2.16. The van der Waals surface area contributed by atoms with Crippen molar-refractivity contribution in [2.75, 3.05) is 19.0 Å². The number of carbonyl (C=O) groups excluding carboxylic acids is 1. The lowest BCUT2D eigenvalue weighted by Crippen LogP contribution is -2.35. The molecule has 1 unspecified atom stereocenters. The molecule has 0 aliphatic heterocycles. The molecule has 0 spiro atoms. The minimum atomic E-state index is -2.91. The summed E-state index contributed by atoms with van der Waals surface area (Å²) in [5, 5.41) is 2.49. The molecular formula is C11H15ClF2N2O3. The molecule has 0 aliphatic rings. The van der Waals surface area contributed by atoms with Gasteiger partial charge >= 0.3 is 6.61 Å². The Kier molecular flexibility index (Phi) is 7.97. The van der Waals surface area contributed by atoms with Crippen molar-refractivity contribution >= 4 is 24.0 Å². The first-order valence-electron chi connectivity index (χ1n) is 5.15. The molecule has 1 aromatic rings. The van der Waals surface area contributed by atoms with Crippen LogP contribution in [0.25, 0.3) is 0 Å². The molecule has 0 aromatic heterocycles. The maximum atomic E-state index is 12.0. The van der Waals surface area contributed by atoms with Crippen molar-refractivity contribution in [3.05, 3.63) is 24.3 Å². The zero-order chi connectivity index (χ0) is 13.5. The summed E-state index contributed by atoms with van der Waals surface area (Å²) in [6.07, 6.45) is -0.787. The van der Waals surface area contributed by atoms with Crippen molar-refractivity contribution in [3.63, 3.8) is 0 Å². The number of nitrogens with one attached hydrogen (secondary N) is 1.